The number of amides is 1. The van der Waals surface area contributed by atoms with Crippen molar-refractivity contribution in [2.45, 2.75) is 24.1 Å². The maximum atomic E-state index is 11.6. The first kappa shape index (κ1) is 13.7. The second kappa shape index (κ2) is 5.95. The Bertz CT molecular complexity index is 435. The van der Waals surface area contributed by atoms with Crippen LogP contribution in [0.5, 0.6) is 0 Å². The second-order valence-electron chi connectivity index (χ2n) is 4.61. The molecular weight excluding hydrogens is 270 g/mol. The molecule has 1 fully saturated rings. The SMILES string of the molecule is O=C(CSCc1cccc(Cl)c1)NC1(CO)CC1. The number of aliphatic hydroxyl groups is 1. The maximum absolute atomic E-state index is 11.6. The Morgan fingerprint density at radius 2 is 2.28 bits per heavy atom. The van der Waals surface area contributed by atoms with Crippen LogP contribution < -0.4 is 5.32 Å². The summed E-state index contributed by atoms with van der Waals surface area (Å²) in [5.74, 6) is 1.17. The van der Waals surface area contributed by atoms with Crippen LogP contribution >= 0.6 is 23.4 Å². The fourth-order valence-electron chi connectivity index (χ4n) is 1.69. The molecule has 0 saturated heterocycles. The summed E-state index contributed by atoms with van der Waals surface area (Å²) in [6.07, 6.45) is 1.77. The number of rotatable bonds is 6. The molecule has 3 nitrogen and oxygen atoms in total. The molecule has 18 heavy (non-hydrogen) atoms. The highest BCUT2D eigenvalue weighted by molar-refractivity contribution is 7.99. The Kier molecular flexibility index (Phi) is 4.54. The fourth-order valence-corrected chi connectivity index (χ4v) is 2.68. The molecule has 0 aromatic heterocycles. The van der Waals surface area contributed by atoms with Gasteiger partial charge in [0.2, 0.25) is 5.91 Å². The first-order valence-corrected chi connectivity index (χ1v) is 7.41. The summed E-state index contributed by atoms with van der Waals surface area (Å²) in [6, 6.07) is 7.64. The molecule has 0 atom stereocenters. The van der Waals surface area contributed by atoms with Crippen molar-refractivity contribution in [3.05, 3.63) is 34.9 Å². The third kappa shape index (κ3) is 3.90. The Balaban J connectivity index is 1.70. The molecule has 1 aliphatic rings. The van der Waals surface area contributed by atoms with E-state index >= 15 is 0 Å². The van der Waals surface area contributed by atoms with Crippen LogP contribution in [0, 0.1) is 0 Å². The first-order valence-electron chi connectivity index (χ1n) is 5.88. The van der Waals surface area contributed by atoms with Crippen molar-refractivity contribution >= 4 is 29.3 Å². The van der Waals surface area contributed by atoms with Gasteiger partial charge < -0.3 is 10.4 Å². The summed E-state index contributed by atoms with van der Waals surface area (Å²) in [5.41, 5.74) is 0.803. The molecule has 0 spiro atoms. The summed E-state index contributed by atoms with van der Waals surface area (Å²) in [6.45, 7) is 0.0394. The lowest BCUT2D eigenvalue weighted by Crippen LogP contribution is -2.40. The van der Waals surface area contributed by atoms with E-state index in [1.165, 1.54) is 0 Å². The van der Waals surface area contributed by atoms with Crippen LogP contribution in [0.1, 0.15) is 18.4 Å². The summed E-state index contributed by atoms with van der Waals surface area (Å²) in [5, 5.41) is 12.7. The molecule has 1 amide bonds. The van der Waals surface area contributed by atoms with Gasteiger partial charge in [0.15, 0.2) is 0 Å². The van der Waals surface area contributed by atoms with Gasteiger partial charge in [-0.05, 0) is 30.5 Å². The number of thioether (sulfide) groups is 1. The third-order valence-corrected chi connectivity index (χ3v) is 4.19. The van der Waals surface area contributed by atoms with Gasteiger partial charge in [-0.1, -0.05) is 23.7 Å². The average molecular weight is 286 g/mol. The van der Waals surface area contributed by atoms with Crippen LogP contribution in [-0.4, -0.2) is 28.9 Å². The van der Waals surface area contributed by atoms with E-state index in [-0.39, 0.29) is 18.1 Å². The Labute approximate surface area is 116 Å². The van der Waals surface area contributed by atoms with E-state index in [4.69, 9.17) is 16.7 Å². The van der Waals surface area contributed by atoms with Crippen molar-refractivity contribution in [2.75, 3.05) is 12.4 Å². The van der Waals surface area contributed by atoms with Crippen molar-refractivity contribution < 1.29 is 9.90 Å². The lowest BCUT2D eigenvalue weighted by Gasteiger charge is -2.13. The number of aliphatic hydroxyl groups excluding tert-OH is 1. The standard InChI is InChI=1S/C13H16ClNO2S/c14-11-3-1-2-10(6-11)7-18-8-12(17)15-13(9-16)4-5-13/h1-3,6,16H,4-5,7-9H2,(H,15,17). The van der Waals surface area contributed by atoms with Gasteiger partial charge in [-0.2, -0.15) is 0 Å². The van der Waals surface area contributed by atoms with Crippen LogP contribution in [0.3, 0.4) is 0 Å². The Hall–Kier alpha value is -0.710. The molecule has 5 heteroatoms. The molecule has 1 aromatic carbocycles. The molecule has 0 unspecified atom stereocenters. The molecule has 2 rings (SSSR count). The third-order valence-electron chi connectivity index (χ3n) is 2.95. The van der Waals surface area contributed by atoms with Crippen molar-refractivity contribution in [1.82, 2.24) is 5.32 Å². The number of halogens is 1. The smallest absolute Gasteiger partial charge is 0.230 e. The van der Waals surface area contributed by atoms with Crippen molar-refractivity contribution in [3.63, 3.8) is 0 Å². The zero-order valence-electron chi connectivity index (χ0n) is 9.99. The predicted octanol–water partition coefficient (Wildman–Crippen LogP) is 2.21. The number of hydrogen-bond acceptors (Lipinski definition) is 3. The Morgan fingerprint density at radius 1 is 1.50 bits per heavy atom. The van der Waals surface area contributed by atoms with Crippen molar-refractivity contribution in [2.24, 2.45) is 0 Å². The molecule has 0 heterocycles. The number of benzene rings is 1. The minimum Gasteiger partial charge on any atom is -0.394 e. The van der Waals surface area contributed by atoms with Gasteiger partial charge in [-0.3, -0.25) is 4.79 Å². The monoisotopic (exact) mass is 285 g/mol. The second-order valence-corrected chi connectivity index (χ2v) is 6.03. The lowest BCUT2D eigenvalue weighted by molar-refractivity contribution is -0.119. The molecule has 98 valence electrons. The maximum Gasteiger partial charge on any atom is 0.230 e. The molecule has 1 aromatic rings. The number of carbonyl (C=O) groups excluding carboxylic acids is 1. The molecule has 2 N–H and O–H groups in total. The van der Waals surface area contributed by atoms with Crippen molar-refractivity contribution in [3.8, 4) is 0 Å². The van der Waals surface area contributed by atoms with Gasteiger partial charge in [-0.25, -0.2) is 0 Å². The quantitative estimate of drug-likeness (QED) is 0.843. The van der Waals surface area contributed by atoms with Crippen LogP contribution in [0.2, 0.25) is 5.02 Å². The number of nitrogens with one attached hydrogen (secondary N) is 1. The molecule has 1 saturated carbocycles. The molecule has 1 aliphatic carbocycles. The van der Waals surface area contributed by atoms with Gasteiger partial charge in [0.05, 0.1) is 17.9 Å². The fraction of sp³-hybridized carbons (Fsp3) is 0.462. The molecule has 0 bridgehead atoms. The normalized spacial score (nSPS) is 16.3. The minimum atomic E-state index is -0.312. The molecule has 0 aliphatic heterocycles. The molecule has 0 radical (unpaired) electrons. The first-order chi connectivity index (χ1) is 8.63. The highest BCUT2D eigenvalue weighted by Gasteiger charge is 2.43. The highest BCUT2D eigenvalue weighted by atomic mass is 35.5. The summed E-state index contributed by atoms with van der Waals surface area (Å²) in [4.78, 5) is 11.6. The number of carbonyl (C=O) groups is 1. The average Bonchev–Trinajstić information content (AvgIpc) is 3.09. The van der Waals surface area contributed by atoms with E-state index in [1.54, 1.807) is 11.8 Å². The zero-order valence-corrected chi connectivity index (χ0v) is 11.6. The van der Waals surface area contributed by atoms with Crippen LogP contribution in [-0.2, 0) is 10.5 Å². The topological polar surface area (TPSA) is 49.3 Å². The van der Waals surface area contributed by atoms with Gasteiger partial charge >= 0.3 is 0 Å². The zero-order chi connectivity index (χ0) is 13.0. The van der Waals surface area contributed by atoms with Gasteiger partial charge in [0, 0.05) is 10.8 Å². The van der Waals surface area contributed by atoms with E-state index < -0.39 is 0 Å². The van der Waals surface area contributed by atoms with Crippen LogP contribution in [0.25, 0.3) is 0 Å². The van der Waals surface area contributed by atoms with Gasteiger partial charge in [-0.15, -0.1) is 11.8 Å². The Morgan fingerprint density at radius 3 is 2.89 bits per heavy atom. The van der Waals surface area contributed by atoms with Crippen LogP contribution in [0.15, 0.2) is 24.3 Å². The van der Waals surface area contributed by atoms with E-state index in [9.17, 15) is 4.79 Å². The summed E-state index contributed by atoms with van der Waals surface area (Å²) >= 11 is 7.43. The van der Waals surface area contributed by atoms with Gasteiger partial charge in [0.1, 0.15) is 0 Å². The highest BCUT2D eigenvalue weighted by Crippen LogP contribution is 2.34. The summed E-state index contributed by atoms with van der Waals surface area (Å²) < 4.78 is 0. The predicted molar refractivity (Wildman–Crippen MR) is 74.8 cm³/mol. The van der Waals surface area contributed by atoms with E-state index in [0.717, 1.165) is 29.2 Å². The van der Waals surface area contributed by atoms with Gasteiger partial charge in [0.25, 0.3) is 0 Å². The van der Waals surface area contributed by atoms with Crippen molar-refractivity contribution in [1.29, 1.82) is 0 Å². The largest absolute Gasteiger partial charge is 0.394 e. The van der Waals surface area contributed by atoms with Crippen LogP contribution in [0.4, 0.5) is 0 Å². The number of hydrogen-bond donors (Lipinski definition) is 2. The minimum absolute atomic E-state index is 0.00595. The molecular formula is C13H16ClNO2S. The van der Waals surface area contributed by atoms with E-state index in [1.807, 2.05) is 24.3 Å². The lowest BCUT2D eigenvalue weighted by atomic mass is 10.2. The van der Waals surface area contributed by atoms with E-state index in [2.05, 4.69) is 5.32 Å². The van der Waals surface area contributed by atoms with E-state index in [0.29, 0.717) is 5.75 Å². The summed E-state index contributed by atoms with van der Waals surface area (Å²) in [7, 11) is 0.